The number of halogens is 1. The summed E-state index contributed by atoms with van der Waals surface area (Å²) in [5.74, 6) is 1.26. The molecule has 1 heterocycles. The molecule has 0 aromatic heterocycles. The maximum absolute atomic E-state index is 9.53. The average Bonchev–Trinajstić information content (AvgIpc) is 2.56. The Balaban J connectivity index is 2.76. The maximum atomic E-state index is 9.53. The van der Waals surface area contributed by atoms with Gasteiger partial charge in [-0.25, -0.2) is 0 Å². The van der Waals surface area contributed by atoms with Crippen LogP contribution in [-0.4, -0.2) is 5.87 Å². The number of nitrogens with two attached hydrogens (primary N) is 1. The molecule has 0 amide bonds. The zero-order valence-corrected chi connectivity index (χ0v) is 12.4. The number of hydrogen-bond acceptors (Lipinski definition) is 6. The van der Waals surface area contributed by atoms with Crippen molar-refractivity contribution in [3.63, 3.8) is 0 Å². The molecule has 1 unspecified atom stereocenters. The van der Waals surface area contributed by atoms with Gasteiger partial charge >= 0.3 is 0 Å². The summed E-state index contributed by atoms with van der Waals surface area (Å²) < 4.78 is 0. The predicted molar refractivity (Wildman–Crippen MR) is 83.6 cm³/mol. The first kappa shape index (κ1) is 15.9. The van der Waals surface area contributed by atoms with Gasteiger partial charge in [0, 0.05) is 5.02 Å². The van der Waals surface area contributed by atoms with Crippen molar-refractivity contribution in [2.24, 2.45) is 5.73 Å². The number of rotatable bonds is 2. The number of nitrogens with one attached hydrogen (secondary N) is 2. The molecule has 6 nitrogen and oxygen atoms in total. The first-order valence-corrected chi connectivity index (χ1v) is 6.71. The fourth-order valence-corrected chi connectivity index (χ4v) is 2.42. The Morgan fingerprint density at radius 1 is 1.13 bits per heavy atom. The van der Waals surface area contributed by atoms with Gasteiger partial charge in [-0.3, -0.25) is 5.41 Å². The minimum Gasteiger partial charge on any atom is -0.384 e. The zero-order chi connectivity index (χ0) is 17.0. The van der Waals surface area contributed by atoms with Crippen LogP contribution in [0.1, 0.15) is 11.5 Å². The standard InChI is InChI=1S/C16H9ClN6/c17-11-3-1-9(2-4-11)14-12(7-20)15(10(5-18)6-19)23-16(22)13(14)8-21/h1-4,14,18,23H,22H2. The smallest absolute Gasteiger partial charge is 0.137 e. The third-order valence-electron chi connectivity index (χ3n) is 3.33. The van der Waals surface area contributed by atoms with E-state index in [1.165, 1.54) is 0 Å². The van der Waals surface area contributed by atoms with Crippen LogP contribution in [0, 0.1) is 39.4 Å². The fourth-order valence-electron chi connectivity index (χ4n) is 2.29. The molecule has 1 aromatic carbocycles. The van der Waals surface area contributed by atoms with Crippen LogP contribution in [0.25, 0.3) is 0 Å². The van der Waals surface area contributed by atoms with Gasteiger partial charge in [-0.05, 0) is 23.6 Å². The van der Waals surface area contributed by atoms with Crippen molar-refractivity contribution in [3.05, 3.63) is 63.1 Å². The molecule has 1 aliphatic heterocycles. The van der Waals surface area contributed by atoms with Crippen LogP contribution in [0.4, 0.5) is 0 Å². The third-order valence-corrected chi connectivity index (χ3v) is 3.58. The topological polar surface area (TPSA) is 133 Å². The SMILES string of the molecule is N#CC(=C=N)C1=C(C#N)C(c2ccc(Cl)cc2)C(C#N)=C(N)N1. The summed E-state index contributed by atoms with van der Waals surface area (Å²) in [5, 5.41) is 38.4. The number of nitriles is 3. The molecule has 110 valence electrons. The largest absolute Gasteiger partial charge is 0.384 e. The Kier molecular flexibility index (Phi) is 4.50. The van der Waals surface area contributed by atoms with Crippen LogP contribution < -0.4 is 11.1 Å². The van der Waals surface area contributed by atoms with E-state index in [1.54, 1.807) is 30.3 Å². The van der Waals surface area contributed by atoms with Crippen LogP contribution in [0.3, 0.4) is 0 Å². The van der Waals surface area contributed by atoms with Crippen LogP contribution >= 0.6 is 11.6 Å². The van der Waals surface area contributed by atoms with Crippen molar-refractivity contribution in [3.8, 4) is 18.2 Å². The second kappa shape index (κ2) is 6.52. The summed E-state index contributed by atoms with van der Waals surface area (Å²) >= 11 is 5.87. The van der Waals surface area contributed by atoms with Crippen molar-refractivity contribution < 1.29 is 0 Å². The lowest BCUT2D eigenvalue weighted by Crippen LogP contribution is -2.31. The summed E-state index contributed by atoms with van der Waals surface area (Å²) in [5.41, 5.74) is 6.70. The van der Waals surface area contributed by atoms with E-state index in [0.717, 1.165) is 0 Å². The summed E-state index contributed by atoms with van der Waals surface area (Å²) in [4.78, 5) is 0. The van der Waals surface area contributed by atoms with Crippen LogP contribution in [-0.2, 0) is 0 Å². The second-order valence-electron chi connectivity index (χ2n) is 4.56. The Hall–Kier alpha value is -3.49. The Morgan fingerprint density at radius 2 is 1.74 bits per heavy atom. The van der Waals surface area contributed by atoms with Crippen LogP contribution in [0.2, 0.25) is 5.02 Å². The van der Waals surface area contributed by atoms with Crippen molar-refractivity contribution >= 4 is 17.5 Å². The van der Waals surface area contributed by atoms with E-state index in [2.05, 4.69) is 5.32 Å². The van der Waals surface area contributed by atoms with Crippen molar-refractivity contribution in [1.29, 1.82) is 21.2 Å². The number of benzene rings is 1. The summed E-state index contributed by atoms with van der Waals surface area (Å²) in [6.45, 7) is 0. The average molecular weight is 321 g/mol. The third kappa shape index (κ3) is 2.79. The Bertz CT molecular complexity index is 896. The molecule has 7 heteroatoms. The molecule has 0 aliphatic carbocycles. The minimum absolute atomic E-state index is 0.0319. The van der Waals surface area contributed by atoms with Gasteiger partial charge in [-0.15, -0.1) is 0 Å². The van der Waals surface area contributed by atoms with Gasteiger partial charge in [0.25, 0.3) is 0 Å². The Labute approximate surface area is 137 Å². The number of hydrogen-bond donors (Lipinski definition) is 3. The molecular weight excluding hydrogens is 312 g/mol. The molecule has 0 bridgehead atoms. The highest BCUT2D eigenvalue weighted by Crippen LogP contribution is 2.37. The summed E-state index contributed by atoms with van der Waals surface area (Å²) in [6, 6.07) is 12.4. The van der Waals surface area contributed by atoms with E-state index >= 15 is 0 Å². The zero-order valence-electron chi connectivity index (χ0n) is 11.7. The molecule has 1 atom stereocenters. The van der Waals surface area contributed by atoms with Crippen molar-refractivity contribution in [1.82, 2.24) is 5.32 Å². The van der Waals surface area contributed by atoms with E-state index in [9.17, 15) is 10.5 Å². The fraction of sp³-hybridized carbons (Fsp3) is 0.0625. The molecule has 2 rings (SSSR count). The molecule has 0 spiro atoms. The molecule has 1 aliphatic rings. The van der Waals surface area contributed by atoms with E-state index < -0.39 is 5.92 Å². The second-order valence-corrected chi connectivity index (χ2v) is 5.00. The molecule has 23 heavy (non-hydrogen) atoms. The monoisotopic (exact) mass is 320 g/mol. The number of dihydropyridines is 1. The normalized spacial score (nSPS) is 16.5. The summed E-state index contributed by atoms with van der Waals surface area (Å²) in [7, 11) is 0. The summed E-state index contributed by atoms with van der Waals surface area (Å²) in [6.07, 6.45) is 0. The van der Waals surface area contributed by atoms with Gasteiger partial charge in [0.2, 0.25) is 0 Å². The molecular formula is C16H9ClN6. The first-order valence-electron chi connectivity index (χ1n) is 6.34. The highest BCUT2D eigenvalue weighted by Gasteiger charge is 2.32. The van der Waals surface area contributed by atoms with Gasteiger partial charge in [0.05, 0.1) is 34.9 Å². The molecule has 0 saturated heterocycles. The van der Waals surface area contributed by atoms with Crippen LogP contribution in [0.15, 0.2) is 52.5 Å². The predicted octanol–water partition coefficient (Wildman–Crippen LogP) is 2.20. The van der Waals surface area contributed by atoms with E-state index in [1.807, 2.05) is 18.0 Å². The van der Waals surface area contributed by atoms with Gasteiger partial charge in [0.1, 0.15) is 17.5 Å². The molecule has 0 radical (unpaired) electrons. The van der Waals surface area contributed by atoms with Gasteiger partial charge in [-0.1, -0.05) is 23.7 Å². The van der Waals surface area contributed by atoms with Crippen LogP contribution in [0.5, 0.6) is 0 Å². The Morgan fingerprint density at radius 3 is 2.22 bits per heavy atom. The lowest BCUT2D eigenvalue weighted by atomic mass is 9.81. The van der Waals surface area contributed by atoms with E-state index in [0.29, 0.717) is 10.6 Å². The van der Waals surface area contributed by atoms with E-state index in [4.69, 9.17) is 28.0 Å². The van der Waals surface area contributed by atoms with Crippen molar-refractivity contribution in [2.45, 2.75) is 5.92 Å². The van der Waals surface area contributed by atoms with Gasteiger partial charge in [-0.2, -0.15) is 15.8 Å². The highest BCUT2D eigenvalue weighted by molar-refractivity contribution is 6.30. The van der Waals surface area contributed by atoms with E-state index in [-0.39, 0.29) is 28.2 Å². The first-order chi connectivity index (χ1) is 11.1. The van der Waals surface area contributed by atoms with Gasteiger partial charge in [0.15, 0.2) is 0 Å². The lowest BCUT2D eigenvalue weighted by molar-refractivity contribution is 0.816. The number of allylic oxidation sites excluding steroid dienone is 3. The lowest BCUT2D eigenvalue weighted by Gasteiger charge is -2.26. The maximum Gasteiger partial charge on any atom is 0.137 e. The minimum atomic E-state index is -0.741. The molecule has 0 fully saturated rings. The quantitative estimate of drug-likeness (QED) is 0.567. The van der Waals surface area contributed by atoms with Crippen molar-refractivity contribution in [2.75, 3.05) is 0 Å². The molecule has 4 N–H and O–H groups in total. The highest BCUT2D eigenvalue weighted by atomic mass is 35.5. The van der Waals surface area contributed by atoms with Gasteiger partial charge < -0.3 is 11.1 Å². The molecule has 1 aromatic rings. The molecule has 0 saturated carbocycles. The number of nitrogens with zero attached hydrogens (tertiary/aromatic N) is 3.